The highest BCUT2D eigenvalue weighted by molar-refractivity contribution is 5.73. The first-order chi connectivity index (χ1) is 9.22. The number of hydrogen-bond acceptors (Lipinski definition) is 5. The van der Waals surface area contributed by atoms with Crippen LogP contribution < -0.4 is 4.90 Å². The predicted molar refractivity (Wildman–Crippen MR) is 73.1 cm³/mol. The molecule has 0 unspecified atom stereocenters. The molecule has 0 aliphatic rings. The van der Waals surface area contributed by atoms with Crippen LogP contribution in [0.2, 0.25) is 0 Å². The number of aldehydes is 1. The summed E-state index contributed by atoms with van der Waals surface area (Å²) in [5, 5.41) is 0. The Bertz CT molecular complexity index is 554. The minimum Gasteiger partial charge on any atom is -0.335 e. The number of anilines is 1. The third-order valence-corrected chi connectivity index (χ3v) is 2.76. The van der Waals surface area contributed by atoms with E-state index in [1.165, 1.54) is 12.4 Å². The molecule has 5 heteroatoms. The van der Waals surface area contributed by atoms with Gasteiger partial charge in [0, 0.05) is 24.6 Å². The van der Waals surface area contributed by atoms with Crippen LogP contribution >= 0.6 is 0 Å². The van der Waals surface area contributed by atoms with E-state index in [0.717, 1.165) is 24.2 Å². The molecule has 0 aromatic carbocycles. The van der Waals surface area contributed by atoms with Crippen molar-refractivity contribution in [1.82, 2.24) is 15.0 Å². The van der Waals surface area contributed by atoms with Crippen LogP contribution in [-0.2, 0) is 6.54 Å². The predicted octanol–water partition coefficient (Wildman–Crippen LogP) is 2.02. The van der Waals surface area contributed by atoms with Crippen molar-refractivity contribution in [2.24, 2.45) is 0 Å². The van der Waals surface area contributed by atoms with E-state index in [0.29, 0.717) is 18.1 Å². The van der Waals surface area contributed by atoms with Crippen molar-refractivity contribution in [3.63, 3.8) is 0 Å². The molecule has 0 bridgehead atoms. The molecule has 98 valence electrons. The maximum Gasteiger partial charge on any atom is 0.225 e. The van der Waals surface area contributed by atoms with E-state index in [9.17, 15) is 4.79 Å². The van der Waals surface area contributed by atoms with Crippen molar-refractivity contribution in [2.75, 3.05) is 11.4 Å². The topological polar surface area (TPSA) is 59.0 Å². The van der Waals surface area contributed by atoms with Gasteiger partial charge in [0.1, 0.15) is 0 Å². The largest absolute Gasteiger partial charge is 0.335 e. The summed E-state index contributed by atoms with van der Waals surface area (Å²) in [4.78, 5) is 25.4. The van der Waals surface area contributed by atoms with Crippen LogP contribution in [-0.4, -0.2) is 27.8 Å². The highest BCUT2D eigenvalue weighted by Gasteiger charge is 2.09. The summed E-state index contributed by atoms with van der Waals surface area (Å²) in [6.45, 7) is 5.43. The lowest BCUT2D eigenvalue weighted by Crippen LogP contribution is -2.24. The first-order valence-corrected chi connectivity index (χ1v) is 6.17. The molecule has 2 heterocycles. The smallest absolute Gasteiger partial charge is 0.225 e. The highest BCUT2D eigenvalue weighted by atomic mass is 16.1. The van der Waals surface area contributed by atoms with Crippen molar-refractivity contribution in [3.8, 4) is 0 Å². The average molecular weight is 256 g/mol. The number of hydrogen-bond donors (Lipinski definition) is 0. The Morgan fingerprint density at radius 3 is 2.58 bits per heavy atom. The molecule has 0 amide bonds. The van der Waals surface area contributed by atoms with Crippen LogP contribution in [0.5, 0.6) is 0 Å². The fourth-order valence-electron chi connectivity index (χ4n) is 1.76. The van der Waals surface area contributed by atoms with Gasteiger partial charge in [-0.1, -0.05) is 6.07 Å². The second-order valence-electron chi connectivity index (χ2n) is 4.22. The minimum absolute atomic E-state index is 0.480. The summed E-state index contributed by atoms with van der Waals surface area (Å²) in [7, 11) is 0. The Balaban J connectivity index is 2.17. The van der Waals surface area contributed by atoms with Gasteiger partial charge in [0.05, 0.1) is 17.8 Å². The molecular weight excluding hydrogens is 240 g/mol. The van der Waals surface area contributed by atoms with Crippen molar-refractivity contribution < 1.29 is 4.79 Å². The third kappa shape index (κ3) is 3.34. The van der Waals surface area contributed by atoms with Gasteiger partial charge in [-0.3, -0.25) is 9.78 Å². The second-order valence-corrected chi connectivity index (χ2v) is 4.22. The third-order valence-electron chi connectivity index (χ3n) is 2.76. The SMILES string of the molecule is CCN(Cc1cccc(C)n1)c1ncc(C=O)cn1. The zero-order valence-corrected chi connectivity index (χ0v) is 11.1. The van der Waals surface area contributed by atoms with Crippen LogP contribution in [0.4, 0.5) is 5.95 Å². The molecule has 0 saturated carbocycles. The maximum absolute atomic E-state index is 10.6. The molecule has 0 aliphatic carbocycles. The van der Waals surface area contributed by atoms with E-state index >= 15 is 0 Å². The number of nitrogens with zero attached hydrogens (tertiary/aromatic N) is 4. The van der Waals surface area contributed by atoms with Crippen LogP contribution in [0.3, 0.4) is 0 Å². The minimum atomic E-state index is 0.480. The Kier molecular flexibility index (Phi) is 4.18. The van der Waals surface area contributed by atoms with E-state index in [4.69, 9.17) is 0 Å². The van der Waals surface area contributed by atoms with Crippen LogP contribution in [0.1, 0.15) is 28.7 Å². The zero-order chi connectivity index (χ0) is 13.7. The highest BCUT2D eigenvalue weighted by Crippen LogP contribution is 2.10. The van der Waals surface area contributed by atoms with E-state index in [1.54, 1.807) is 0 Å². The van der Waals surface area contributed by atoms with Gasteiger partial charge in [-0.15, -0.1) is 0 Å². The number of aryl methyl sites for hydroxylation is 1. The standard InChI is InChI=1S/C14H16N4O/c1-3-18(9-13-6-4-5-11(2)17-13)14-15-7-12(10-19)8-16-14/h4-8,10H,3,9H2,1-2H3. The van der Waals surface area contributed by atoms with Gasteiger partial charge >= 0.3 is 0 Å². The van der Waals surface area contributed by atoms with Crippen LogP contribution in [0.15, 0.2) is 30.6 Å². The van der Waals surface area contributed by atoms with Gasteiger partial charge in [-0.25, -0.2) is 9.97 Å². The summed E-state index contributed by atoms with van der Waals surface area (Å²) in [6, 6.07) is 5.94. The number of carbonyl (C=O) groups excluding carboxylic acids is 1. The first kappa shape index (κ1) is 13.1. The van der Waals surface area contributed by atoms with Crippen LogP contribution in [0.25, 0.3) is 0 Å². The van der Waals surface area contributed by atoms with Crippen molar-refractivity contribution >= 4 is 12.2 Å². The maximum atomic E-state index is 10.6. The van der Waals surface area contributed by atoms with Crippen molar-refractivity contribution in [3.05, 3.63) is 47.5 Å². The number of pyridine rings is 1. The normalized spacial score (nSPS) is 10.2. The van der Waals surface area contributed by atoms with E-state index in [-0.39, 0.29) is 0 Å². The van der Waals surface area contributed by atoms with Gasteiger partial charge in [0.25, 0.3) is 0 Å². The summed E-state index contributed by atoms with van der Waals surface area (Å²) in [6.07, 6.45) is 3.80. The molecule has 0 aliphatic heterocycles. The Morgan fingerprint density at radius 1 is 1.26 bits per heavy atom. The Hall–Kier alpha value is -2.30. The molecule has 0 radical (unpaired) electrons. The monoisotopic (exact) mass is 256 g/mol. The number of rotatable bonds is 5. The molecule has 0 saturated heterocycles. The average Bonchev–Trinajstić information content (AvgIpc) is 2.45. The fraction of sp³-hybridized carbons (Fsp3) is 0.286. The van der Waals surface area contributed by atoms with Crippen molar-refractivity contribution in [1.29, 1.82) is 0 Å². The second kappa shape index (κ2) is 6.04. The van der Waals surface area contributed by atoms with Gasteiger partial charge in [0.2, 0.25) is 5.95 Å². The lowest BCUT2D eigenvalue weighted by atomic mass is 10.3. The van der Waals surface area contributed by atoms with E-state index < -0.39 is 0 Å². The van der Waals surface area contributed by atoms with E-state index in [1.807, 2.05) is 36.9 Å². The number of aromatic nitrogens is 3. The molecule has 5 nitrogen and oxygen atoms in total. The van der Waals surface area contributed by atoms with Gasteiger partial charge in [-0.05, 0) is 26.0 Å². The summed E-state index contributed by atoms with van der Waals surface area (Å²) < 4.78 is 0. The van der Waals surface area contributed by atoms with Crippen LogP contribution in [0, 0.1) is 6.92 Å². The molecule has 0 atom stereocenters. The molecule has 19 heavy (non-hydrogen) atoms. The molecule has 2 aromatic heterocycles. The fourth-order valence-corrected chi connectivity index (χ4v) is 1.76. The first-order valence-electron chi connectivity index (χ1n) is 6.17. The van der Waals surface area contributed by atoms with E-state index in [2.05, 4.69) is 15.0 Å². The Labute approximate surface area is 112 Å². The molecule has 0 N–H and O–H groups in total. The lowest BCUT2D eigenvalue weighted by Gasteiger charge is -2.20. The Morgan fingerprint density at radius 2 is 2.00 bits per heavy atom. The summed E-state index contributed by atoms with van der Waals surface area (Å²) in [5.74, 6) is 0.608. The summed E-state index contributed by atoms with van der Waals surface area (Å²) >= 11 is 0. The molecule has 0 fully saturated rings. The molecule has 0 spiro atoms. The van der Waals surface area contributed by atoms with Gasteiger partial charge < -0.3 is 4.90 Å². The molecule has 2 rings (SSSR count). The lowest BCUT2D eigenvalue weighted by molar-refractivity contribution is 0.112. The number of carbonyl (C=O) groups is 1. The quantitative estimate of drug-likeness (QED) is 0.766. The zero-order valence-electron chi connectivity index (χ0n) is 11.1. The van der Waals surface area contributed by atoms with Gasteiger partial charge in [-0.2, -0.15) is 0 Å². The van der Waals surface area contributed by atoms with Gasteiger partial charge in [0.15, 0.2) is 6.29 Å². The molecular formula is C14H16N4O. The van der Waals surface area contributed by atoms with Crippen molar-refractivity contribution in [2.45, 2.75) is 20.4 Å². The molecule has 2 aromatic rings. The summed E-state index contributed by atoms with van der Waals surface area (Å²) in [5.41, 5.74) is 2.45.